The van der Waals surface area contributed by atoms with Crippen LogP contribution in [0.3, 0.4) is 0 Å². The first-order valence-electron chi connectivity index (χ1n) is 8.29. The van der Waals surface area contributed by atoms with Gasteiger partial charge in [0.25, 0.3) is 0 Å². The summed E-state index contributed by atoms with van der Waals surface area (Å²) in [6.45, 7) is 5.78. The molecule has 0 spiro atoms. The number of hydrogen-bond acceptors (Lipinski definition) is 4. The minimum absolute atomic E-state index is 0.555. The number of nitrogens with zero attached hydrogens (tertiary/aromatic N) is 4. The topological polar surface area (TPSA) is 32.3 Å². The highest BCUT2D eigenvalue weighted by atomic mass is 35.5. The maximum atomic E-state index is 6.27. The first-order valence-corrected chi connectivity index (χ1v) is 8.67. The highest BCUT2D eigenvalue weighted by Crippen LogP contribution is 2.40. The van der Waals surface area contributed by atoms with Crippen molar-refractivity contribution in [2.45, 2.75) is 57.0 Å². The summed E-state index contributed by atoms with van der Waals surface area (Å²) >= 11 is 6.27. The van der Waals surface area contributed by atoms with Crippen LogP contribution < -0.4 is 4.90 Å². The molecule has 2 aliphatic heterocycles. The fourth-order valence-electron chi connectivity index (χ4n) is 3.89. The lowest BCUT2D eigenvalue weighted by Gasteiger charge is -2.30. The molecule has 5 heteroatoms. The minimum atomic E-state index is 0.555. The van der Waals surface area contributed by atoms with Crippen LogP contribution in [0.1, 0.15) is 50.8 Å². The predicted molar refractivity (Wildman–Crippen MR) is 85.0 cm³/mol. The molecule has 1 aliphatic carbocycles. The van der Waals surface area contributed by atoms with Crippen LogP contribution in [0.5, 0.6) is 0 Å². The molecule has 4 nitrogen and oxygen atoms in total. The van der Waals surface area contributed by atoms with Crippen molar-refractivity contribution >= 4 is 17.4 Å². The fourth-order valence-corrected chi connectivity index (χ4v) is 4.07. The zero-order valence-electron chi connectivity index (χ0n) is 12.6. The molecule has 2 atom stereocenters. The highest BCUT2D eigenvalue weighted by molar-refractivity contribution is 6.29. The number of halogens is 1. The lowest BCUT2D eigenvalue weighted by atomic mass is 10.1. The van der Waals surface area contributed by atoms with E-state index in [0.29, 0.717) is 23.2 Å². The molecule has 0 radical (unpaired) electrons. The van der Waals surface area contributed by atoms with E-state index in [4.69, 9.17) is 16.6 Å². The minimum Gasteiger partial charge on any atom is -0.349 e. The fraction of sp³-hybridized carbons (Fsp3) is 0.750. The summed E-state index contributed by atoms with van der Waals surface area (Å²) in [7, 11) is 0. The van der Waals surface area contributed by atoms with Crippen molar-refractivity contribution in [1.29, 1.82) is 0 Å². The van der Waals surface area contributed by atoms with Gasteiger partial charge < -0.3 is 9.80 Å². The highest BCUT2D eigenvalue weighted by Gasteiger charge is 2.38. The van der Waals surface area contributed by atoms with Gasteiger partial charge in [-0.2, -0.15) is 0 Å². The predicted octanol–water partition coefficient (Wildman–Crippen LogP) is 3.07. The third kappa shape index (κ3) is 2.64. The van der Waals surface area contributed by atoms with Gasteiger partial charge in [0.2, 0.25) is 0 Å². The van der Waals surface area contributed by atoms with Gasteiger partial charge in [-0.1, -0.05) is 18.5 Å². The Kier molecular flexibility index (Phi) is 3.54. The van der Waals surface area contributed by atoms with E-state index >= 15 is 0 Å². The Morgan fingerprint density at radius 1 is 1.14 bits per heavy atom. The molecule has 4 rings (SSSR count). The van der Waals surface area contributed by atoms with Gasteiger partial charge in [-0.05, 0) is 38.6 Å². The van der Waals surface area contributed by atoms with E-state index in [9.17, 15) is 0 Å². The summed E-state index contributed by atoms with van der Waals surface area (Å²) in [6, 6.07) is 3.19. The van der Waals surface area contributed by atoms with Crippen LogP contribution in [0, 0.1) is 0 Å². The first kappa shape index (κ1) is 13.8. The second-order valence-electron chi connectivity index (χ2n) is 6.66. The average molecular weight is 307 g/mol. The van der Waals surface area contributed by atoms with E-state index in [0.717, 1.165) is 24.7 Å². The molecule has 0 aromatic carbocycles. The standard InChI is InChI=1S/C16H23ClN4/c1-2-20-8-7-12-5-6-13(10-20)21(12)15-9-14(17)18-16(19-15)11-3-4-11/h9,11-13H,2-8,10H2,1H3. The summed E-state index contributed by atoms with van der Waals surface area (Å²) < 4.78 is 0. The molecule has 3 aliphatic rings. The quantitative estimate of drug-likeness (QED) is 0.803. The third-order valence-electron chi connectivity index (χ3n) is 5.22. The van der Waals surface area contributed by atoms with Gasteiger partial charge in [-0.3, -0.25) is 0 Å². The molecule has 21 heavy (non-hydrogen) atoms. The van der Waals surface area contributed by atoms with Crippen LogP contribution >= 0.6 is 11.6 Å². The van der Waals surface area contributed by atoms with Crippen molar-refractivity contribution in [3.8, 4) is 0 Å². The Labute approximate surface area is 131 Å². The van der Waals surface area contributed by atoms with E-state index in [1.165, 1.54) is 38.6 Å². The Balaban J connectivity index is 1.65. The number of rotatable bonds is 3. The molecule has 1 aromatic heterocycles. The largest absolute Gasteiger partial charge is 0.349 e. The van der Waals surface area contributed by atoms with Crippen molar-refractivity contribution in [2.24, 2.45) is 0 Å². The van der Waals surface area contributed by atoms with E-state index < -0.39 is 0 Å². The summed E-state index contributed by atoms with van der Waals surface area (Å²) in [5, 5.41) is 0.609. The molecular weight excluding hydrogens is 284 g/mol. The van der Waals surface area contributed by atoms with Crippen molar-refractivity contribution in [2.75, 3.05) is 24.5 Å². The van der Waals surface area contributed by atoms with Crippen molar-refractivity contribution in [3.63, 3.8) is 0 Å². The van der Waals surface area contributed by atoms with Gasteiger partial charge in [0.05, 0.1) is 0 Å². The van der Waals surface area contributed by atoms with Crippen LogP contribution in [0.15, 0.2) is 6.07 Å². The molecular formula is C16H23ClN4. The zero-order valence-corrected chi connectivity index (χ0v) is 13.4. The smallest absolute Gasteiger partial charge is 0.135 e. The van der Waals surface area contributed by atoms with Gasteiger partial charge in [0.1, 0.15) is 16.8 Å². The van der Waals surface area contributed by atoms with Gasteiger partial charge in [0.15, 0.2) is 0 Å². The second-order valence-corrected chi connectivity index (χ2v) is 7.04. The number of hydrogen-bond donors (Lipinski definition) is 0. The molecule has 2 saturated heterocycles. The monoisotopic (exact) mass is 306 g/mol. The first-order chi connectivity index (χ1) is 10.2. The molecule has 0 amide bonds. The van der Waals surface area contributed by atoms with Crippen molar-refractivity contribution < 1.29 is 0 Å². The van der Waals surface area contributed by atoms with Gasteiger partial charge in [-0.15, -0.1) is 0 Å². The molecule has 2 unspecified atom stereocenters. The third-order valence-corrected chi connectivity index (χ3v) is 5.41. The summed E-state index contributed by atoms with van der Waals surface area (Å²) in [5.41, 5.74) is 0. The number of likely N-dealkylation sites (N-methyl/N-ethyl adjacent to an activating group) is 1. The van der Waals surface area contributed by atoms with Gasteiger partial charge >= 0.3 is 0 Å². The summed E-state index contributed by atoms with van der Waals surface area (Å²) in [6.07, 6.45) is 6.25. The summed E-state index contributed by atoms with van der Waals surface area (Å²) in [4.78, 5) is 14.4. The molecule has 0 N–H and O–H groups in total. The van der Waals surface area contributed by atoms with E-state index in [-0.39, 0.29) is 0 Å². The molecule has 1 aromatic rings. The Morgan fingerprint density at radius 3 is 2.71 bits per heavy atom. The van der Waals surface area contributed by atoms with Crippen LogP contribution in [0.4, 0.5) is 5.82 Å². The van der Waals surface area contributed by atoms with E-state index in [1.807, 2.05) is 6.07 Å². The van der Waals surface area contributed by atoms with E-state index in [2.05, 4.69) is 21.7 Å². The number of aromatic nitrogens is 2. The van der Waals surface area contributed by atoms with Crippen molar-refractivity contribution in [3.05, 3.63) is 17.0 Å². The molecule has 3 fully saturated rings. The normalized spacial score (nSPS) is 29.7. The molecule has 114 valence electrons. The van der Waals surface area contributed by atoms with Crippen LogP contribution in [-0.2, 0) is 0 Å². The molecule has 2 bridgehead atoms. The molecule has 3 heterocycles. The maximum absolute atomic E-state index is 6.27. The Bertz CT molecular complexity index is 531. The SMILES string of the molecule is CCN1CCC2CCC(C1)N2c1cc(Cl)nc(C2CC2)n1. The Hall–Kier alpha value is -0.870. The Morgan fingerprint density at radius 2 is 1.95 bits per heavy atom. The lowest BCUT2D eigenvalue weighted by Crippen LogP contribution is -2.39. The lowest BCUT2D eigenvalue weighted by molar-refractivity contribution is 0.273. The van der Waals surface area contributed by atoms with Crippen LogP contribution in [-0.4, -0.2) is 46.6 Å². The number of likely N-dealkylation sites (tertiary alicyclic amines) is 1. The summed E-state index contributed by atoms with van der Waals surface area (Å²) in [5.74, 6) is 2.59. The zero-order chi connectivity index (χ0) is 14.4. The van der Waals surface area contributed by atoms with Crippen LogP contribution in [0.2, 0.25) is 5.15 Å². The average Bonchev–Trinajstić information content (AvgIpc) is 3.24. The second kappa shape index (κ2) is 5.40. The molecule has 1 saturated carbocycles. The van der Waals surface area contributed by atoms with Crippen molar-refractivity contribution in [1.82, 2.24) is 14.9 Å². The van der Waals surface area contributed by atoms with Crippen LogP contribution in [0.25, 0.3) is 0 Å². The number of anilines is 1. The van der Waals surface area contributed by atoms with Gasteiger partial charge in [-0.25, -0.2) is 9.97 Å². The maximum Gasteiger partial charge on any atom is 0.135 e. The van der Waals surface area contributed by atoms with Gasteiger partial charge in [0, 0.05) is 37.2 Å². The number of fused-ring (bicyclic) bond motifs is 2. The van der Waals surface area contributed by atoms with E-state index in [1.54, 1.807) is 0 Å².